The zero-order chi connectivity index (χ0) is 14.7. The number of rotatable bonds is 4. The van der Waals surface area contributed by atoms with Crippen molar-refractivity contribution in [1.29, 1.82) is 0 Å². The van der Waals surface area contributed by atoms with Crippen LogP contribution in [-0.2, 0) is 0 Å². The van der Waals surface area contributed by atoms with Crippen LogP contribution >= 0.6 is 27.5 Å². The van der Waals surface area contributed by atoms with E-state index in [4.69, 9.17) is 11.6 Å². The Kier molecular flexibility index (Phi) is 5.76. The molecule has 2 rings (SSSR count). The Bertz CT molecular complexity index is 450. The van der Waals surface area contributed by atoms with E-state index in [-0.39, 0.29) is 0 Å². The lowest BCUT2D eigenvalue weighted by atomic mass is 9.96. The molecule has 1 aliphatic heterocycles. The lowest BCUT2D eigenvalue weighted by Gasteiger charge is -2.44. The van der Waals surface area contributed by atoms with Crippen molar-refractivity contribution in [2.24, 2.45) is 5.92 Å². The van der Waals surface area contributed by atoms with Crippen molar-refractivity contribution >= 4 is 33.2 Å². The first-order valence-corrected chi connectivity index (χ1v) is 8.65. The number of halogens is 2. The maximum absolute atomic E-state index is 6.12. The van der Waals surface area contributed by atoms with E-state index < -0.39 is 0 Å². The standard InChI is InChI=1S/C16H24BrClN2/c1-4-5-12-10-20(16(9-19-12)11(2)3)13-6-7-15(18)14(17)8-13/h6-8,11-12,16,19H,4-5,9-10H2,1-3H3. The van der Waals surface area contributed by atoms with Gasteiger partial charge < -0.3 is 10.2 Å². The number of hydrogen-bond acceptors (Lipinski definition) is 2. The van der Waals surface area contributed by atoms with Gasteiger partial charge in [0.15, 0.2) is 0 Å². The molecule has 0 amide bonds. The Morgan fingerprint density at radius 1 is 1.45 bits per heavy atom. The monoisotopic (exact) mass is 358 g/mol. The Hall–Kier alpha value is -0.250. The first kappa shape index (κ1) is 16.1. The Balaban J connectivity index is 2.24. The van der Waals surface area contributed by atoms with Crippen molar-refractivity contribution in [3.63, 3.8) is 0 Å². The minimum atomic E-state index is 0.538. The molecular weight excluding hydrogens is 336 g/mol. The fraction of sp³-hybridized carbons (Fsp3) is 0.625. The molecule has 4 heteroatoms. The van der Waals surface area contributed by atoms with E-state index in [1.807, 2.05) is 6.07 Å². The lowest BCUT2D eigenvalue weighted by molar-refractivity contribution is 0.327. The van der Waals surface area contributed by atoms with Crippen molar-refractivity contribution in [1.82, 2.24) is 5.32 Å². The highest BCUT2D eigenvalue weighted by atomic mass is 79.9. The first-order valence-electron chi connectivity index (χ1n) is 7.48. The molecule has 2 unspecified atom stereocenters. The van der Waals surface area contributed by atoms with Gasteiger partial charge in [-0.05, 0) is 46.5 Å². The van der Waals surface area contributed by atoms with Crippen LogP contribution in [0.15, 0.2) is 22.7 Å². The highest BCUT2D eigenvalue weighted by Gasteiger charge is 2.29. The van der Waals surface area contributed by atoms with Gasteiger partial charge in [0.05, 0.1) is 5.02 Å². The molecule has 2 nitrogen and oxygen atoms in total. The minimum absolute atomic E-state index is 0.538. The van der Waals surface area contributed by atoms with Crippen molar-refractivity contribution in [2.75, 3.05) is 18.0 Å². The topological polar surface area (TPSA) is 15.3 Å². The van der Waals surface area contributed by atoms with E-state index in [2.05, 4.69) is 59.1 Å². The molecule has 20 heavy (non-hydrogen) atoms. The Labute approximate surface area is 136 Å². The van der Waals surface area contributed by atoms with Gasteiger partial charge in [-0.25, -0.2) is 0 Å². The summed E-state index contributed by atoms with van der Waals surface area (Å²) in [5.74, 6) is 0.625. The van der Waals surface area contributed by atoms with Crippen LogP contribution in [0.5, 0.6) is 0 Å². The average Bonchev–Trinajstić information content (AvgIpc) is 2.42. The quantitative estimate of drug-likeness (QED) is 0.838. The molecule has 1 fully saturated rings. The van der Waals surface area contributed by atoms with Gasteiger partial charge in [0.2, 0.25) is 0 Å². The van der Waals surface area contributed by atoms with Crippen molar-refractivity contribution in [2.45, 2.75) is 45.7 Å². The summed E-state index contributed by atoms with van der Waals surface area (Å²) in [7, 11) is 0. The van der Waals surface area contributed by atoms with Gasteiger partial charge in [-0.3, -0.25) is 0 Å². The molecule has 0 bridgehead atoms. The third kappa shape index (κ3) is 3.69. The maximum atomic E-state index is 6.12. The van der Waals surface area contributed by atoms with Crippen molar-refractivity contribution in [3.8, 4) is 0 Å². The fourth-order valence-electron chi connectivity index (χ4n) is 2.93. The van der Waals surface area contributed by atoms with Crippen LogP contribution < -0.4 is 10.2 Å². The number of nitrogens with one attached hydrogen (secondary N) is 1. The molecule has 2 atom stereocenters. The fourth-order valence-corrected chi connectivity index (χ4v) is 3.42. The van der Waals surface area contributed by atoms with E-state index in [1.165, 1.54) is 18.5 Å². The third-order valence-electron chi connectivity index (χ3n) is 4.07. The van der Waals surface area contributed by atoms with E-state index in [0.717, 1.165) is 22.6 Å². The number of hydrogen-bond donors (Lipinski definition) is 1. The number of piperazine rings is 1. The SMILES string of the molecule is CCCC1CN(c2ccc(Cl)c(Br)c2)C(C(C)C)CN1. The van der Waals surface area contributed by atoms with Crippen LogP contribution in [0.25, 0.3) is 0 Å². The molecule has 0 aliphatic carbocycles. The first-order chi connectivity index (χ1) is 9.52. The molecule has 1 heterocycles. The molecule has 1 saturated heterocycles. The van der Waals surface area contributed by atoms with E-state index in [9.17, 15) is 0 Å². The summed E-state index contributed by atoms with van der Waals surface area (Å²) in [6.07, 6.45) is 2.46. The largest absolute Gasteiger partial charge is 0.365 e. The smallest absolute Gasteiger partial charge is 0.0549 e. The third-order valence-corrected chi connectivity index (χ3v) is 5.29. The Morgan fingerprint density at radius 3 is 2.80 bits per heavy atom. The predicted molar refractivity (Wildman–Crippen MR) is 91.8 cm³/mol. The minimum Gasteiger partial charge on any atom is -0.365 e. The van der Waals surface area contributed by atoms with Gasteiger partial charge in [0, 0.05) is 35.3 Å². The summed E-state index contributed by atoms with van der Waals surface area (Å²) in [6.45, 7) is 8.97. The molecule has 1 aliphatic rings. The molecule has 1 aromatic rings. The molecule has 0 saturated carbocycles. The second-order valence-electron chi connectivity index (χ2n) is 5.96. The maximum Gasteiger partial charge on any atom is 0.0549 e. The van der Waals surface area contributed by atoms with E-state index in [0.29, 0.717) is 18.0 Å². The van der Waals surface area contributed by atoms with E-state index in [1.54, 1.807) is 0 Å². The van der Waals surface area contributed by atoms with Crippen molar-refractivity contribution in [3.05, 3.63) is 27.7 Å². The summed E-state index contributed by atoms with van der Waals surface area (Å²) in [5, 5.41) is 4.47. The second-order valence-corrected chi connectivity index (χ2v) is 7.22. The average molecular weight is 360 g/mol. The van der Waals surface area contributed by atoms with E-state index >= 15 is 0 Å². The van der Waals surface area contributed by atoms with Crippen molar-refractivity contribution < 1.29 is 0 Å². The summed E-state index contributed by atoms with van der Waals surface area (Å²) in [5.41, 5.74) is 1.27. The molecule has 0 spiro atoms. The lowest BCUT2D eigenvalue weighted by Crippen LogP contribution is -2.58. The van der Waals surface area contributed by atoms with Crippen LogP contribution in [0.2, 0.25) is 5.02 Å². The Morgan fingerprint density at radius 2 is 2.20 bits per heavy atom. The van der Waals surface area contributed by atoms with Gasteiger partial charge in [0.1, 0.15) is 0 Å². The molecule has 112 valence electrons. The molecule has 1 aromatic carbocycles. The zero-order valence-electron chi connectivity index (χ0n) is 12.5. The van der Waals surface area contributed by atoms with Gasteiger partial charge in [-0.2, -0.15) is 0 Å². The highest BCUT2D eigenvalue weighted by molar-refractivity contribution is 9.10. The van der Waals surface area contributed by atoms with Crippen LogP contribution in [-0.4, -0.2) is 25.2 Å². The molecule has 1 N–H and O–H groups in total. The predicted octanol–water partition coefficient (Wildman–Crippen LogP) is 4.71. The highest BCUT2D eigenvalue weighted by Crippen LogP contribution is 2.31. The number of nitrogens with zero attached hydrogens (tertiary/aromatic N) is 1. The molecule has 0 aromatic heterocycles. The van der Waals surface area contributed by atoms with Gasteiger partial charge in [-0.15, -0.1) is 0 Å². The second kappa shape index (κ2) is 7.15. The van der Waals surface area contributed by atoms with Crippen LogP contribution in [0.3, 0.4) is 0 Å². The zero-order valence-corrected chi connectivity index (χ0v) is 14.8. The number of anilines is 1. The normalized spacial score (nSPS) is 23.4. The van der Waals surface area contributed by atoms with Gasteiger partial charge in [-0.1, -0.05) is 38.8 Å². The van der Waals surface area contributed by atoms with Gasteiger partial charge >= 0.3 is 0 Å². The summed E-state index contributed by atoms with van der Waals surface area (Å²) in [6, 6.07) is 7.39. The van der Waals surface area contributed by atoms with Crippen LogP contribution in [0.1, 0.15) is 33.6 Å². The summed E-state index contributed by atoms with van der Waals surface area (Å²) < 4.78 is 0.977. The summed E-state index contributed by atoms with van der Waals surface area (Å²) in [4.78, 5) is 2.54. The number of benzene rings is 1. The van der Waals surface area contributed by atoms with Gasteiger partial charge in [0.25, 0.3) is 0 Å². The van der Waals surface area contributed by atoms with Crippen LogP contribution in [0.4, 0.5) is 5.69 Å². The molecular formula is C16H24BrClN2. The molecule has 0 radical (unpaired) electrons. The van der Waals surface area contributed by atoms with Crippen LogP contribution in [0, 0.1) is 5.92 Å². The summed E-state index contributed by atoms with van der Waals surface area (Å²) >= 11 is 9.66.